The van der Waals surface area contributed by atoms with Crippen LogP contribution in [0.2, 0.25) is 5.02 Å². The second-order valence-electron chi connectivity index (χ2n) is 4.30. The van der Waals surface area contributed by atoms with E-state index in [2.05, 4.69) is 16.8 Å². The molecule has 0 radical (unpaired) electrons. The monoisotopic (exact) mass is 276 g/mol. The van der Waals surface area contributed by atoms with Gasteiger partial charge in [-0.1, -0.05) is 17.7 Å². The molecule has 0 saturated heterocycles. The van der Waals surface area contributed by atoms with E-state index in [1.54, 1.807) is 18.5 Å². The lowest BCUT2D eigenvalue weighted by Crippen LogP contribution is -2.23. The fourth-order valence-electron chi connectivity index (χ4n) is 2.04. The molecule has 0 aliphatic carbocycles. The topological polar surface area (TPSA) is 36.4 Å². The van der Waals surface area contributed by atoms with Crippen LogP contribution in [0.4, 0.5) is 5.69 Å². The molecule has 1 N–H and O–H groups in total. The first-order valence-electron chi connectivity index (χ1n) is 6.27. The third-order valence-electron chi connectivity index (χ3n) is 3.06. The number of anilines is 1. The van der Waals surface area contributed by atoms with E-state index in [4.69, 9.17) is 11.6 Å². The van der Waals surface area contributed by atoms with Gasteiger partial charge in [-0.3, -0.25) is 4.98 Å². The number of halogens is 1. The minimum atomic E-state index is 0.0132. The van der Waals surface area contributed by atoms with Crippen molar-refractivity contribution in [3.8, 4) is 0 Å². The van der Waals surface area contributed by atoms with Crippen LogP contribution in [-0.4, -0.2) is 16.6 Å². The molecule has 19 heavy (non-hydrogen) atoms. The lowest BCUT2D eigenvalue weighted by molar-refractivity contribution is 0.282. The first kappa shape index (κ1) is 13.8. The molecule has 0 unspecified atom stereocenters. The van der Waals surface area contributed by atoms with Crippen molar-refractivity contribution >= 4 is 17.3 Å². The summed E-state index contributed by atoms with van der Waals surface area (Å²) in [5.41, 5.74) is 3.05. The van der Waals surface area contributed by atoms with Gasteiger partial charge < -0.3 is 10.0 Å². The molecule has 0 bridgehead atoms. The van der Waals surface area contributed by atoms with Gasteiger partial charge in [0.05, 0.1) is 6.61 Å². The van der Waals surface area contributed by atoms with Crippen LogP contribution in [0.25, 0.3) is 0 Å². The Morgan fingerprint density at radius 2 is 1.95 bits per heavy atom. The van der Waals surface area contributed by atoms with E-state index in [1.807, 2.05) is 24.3 Å². The highest BCUT2D eigenvalue weighted by Gasteiger charge is 2.10. The van der Waals surface area contributed by atoms with Gasteiger partial charge in [-0.2, -0.15) is 0 Å². The molecular weight excluding hydrogens is 260 g/mol. The molecule has 2 rings (SSSR count). The molecule has 1 aromatic carbocycles. The lowest BCUT2D eigenvalue weighted by atomic mass is 10.1. The van der Waals surface area contributed by atoms with Gasteiger partial charge >= 0.3 is 0 Å². The maximum absolute atomic E-state index is 9.44. The average molecular weight is 277 g/mol. The highest BCUT2D eigenvalue weighted by atomic mass is 35.5. The van der Waals surface area contributed by atoms with Gasteiger partial charge in [-0.15, -0.1) is 0 Å². The van der Waals surface area contributed by atoms with Crippen LogP contribution in [0.1, 0.15) is 18.1 Å². The predicted molar refractivity (Wildman–Crippen MR) is 78.3 cm³/mol. The Labute approximate surface area is 118 Å². The third kappa shape index (κ3) is 3.46. The van der Waals surface area contributed by atoms with Crippen molar-refractivity contribution in [2.45, 2.75) is 20.1 Å². The summed E-state index contributed by atoms with van der Waals surface area (Å²) in [4.78, 5) is 6.21. The SMILES string of the molecule is CCN(Cc1ccncc1)c1cc(Cl)ccc1CO. The Hall–Kier alpha value is -1.58. The van der Waals surface area contributed by atoms with Gasteiger partial charge in [0.25, 0.3) is 0 Å². The quantitative estimate of drug-likeness (QED) is 0.911. The van der Waals surface area contributed by atoms with E-state index < -0.39 is 0 Å². The minimum absolute atomic E-state index is 0.0132. The van der Waals surface area contributed by atoms with Crippen LogP contribution in [0, 0.1) is 0 Å². The highest BCUT2D eigenvalue weighted by Crippen LogP contribution is 2.26. The summed E-state index contributed by atoms with van der Waals surface area (Å²) in [6.07, 6.45) is 3.57. The number of aliphatic hydroxyl groups is 1. The summed E-state index contributed by atoms with van der Waals surface area (Å²) in [5.74, 6) is 0. The van der Waals surface area contributed by atoms with Gasteiger partial charge in [0, 0.05) is 41.8 Å². The van der Waals surface area contributed by atoms with Crippen LogP contribution in [0.3, 0.4) is 0 Å². The van der Waals surface area contributed by atoms with E-state index in [1.165, 1.54) is 5.56 Å². The fraction of sp³-hybridized carbons (Fsp3) is 0.267. The maximum Gasteiger partial charge on any atom is 0.0702 e. The summed E-state index contributed by atoms with van der Waals surface area (Å²) in [7, 11) is 0. The molecule has 0 amide bonds. The number of pyridine rings is 1. The zero-order valence-corrected chi connectivity index (χ0v) is 11.6. The highest BCUT2D eigenvalue weighted by molar-refractivity contribution is 6.30. The number of benzene rings is 1. The fourth-order valence-corrected chi connectivity index (χ4v) is 2.21. The van der Waals surface area contributed by atoms with Gasteiger partial charge in [0.1, 0.15) is 0 Å². The number of aromatic nitrogens is 1. The summed E-state index contributed by atoms with van der Waals surface area (Å²) >= 11 is 6.06. The van der Waals surface area contributed by atoms with Crippen LogP contribution in [-0.2, 0) is 13.2 Å². The molecule has 100 valence electrons. The second kappa shape index (κ2) is 6.55. The van der Waals surface area contributed by atoms with Gasteiger partial charge in [-0.25, -0.2) is 0 Å². The molecule has 1 heterocycles. The number of rotatable bonds is 5. The third-order valence-corrected chi connectivity index (χ3v) is 3.30. The average Bonchev–Trinajstić information content (AvgIpc) is 2.46. The molecule has 2 aromatic rings. The van der Waals surface area contributed by atoms with Crippen LogP contribution < -0.4 is 4.90 Å². The standard InChI is InChI=1S/C15H17ClN2O/c1-2-18(10-12-5-7-17-8-6-12)15-9-14(16)4-3-13(15)11-19/h3-9,19H,2,10-11H2,1H3. The number of hydrogen-bond acceptors (Lipinski definition) is 3. The van der Waals surface area contributed by atoms with Crippen molar-refractivity contribution in [2.75, 3.05) is 11.4 Å². The Kier molecular flexibility index (Phi) is 4.77. The molecular formula is C15H17ClN2O. The normalized spacial score (nSPS) is 10.5. The largest absolute Gasteiger partial charge is 0.392 e. The molecule has 0 atom stereocenters. The molecule has 4 heteroatoms. The zero-order valence-electron chi connectivity index (χ0n) is 10.9. The second-order valence-corrected chi connectivity index (χ2v) is 4.74. The smallest absolute Gasteiger partial charge is 0.0702 e. The van der Waals surface area contributed by atoms with E-state index in [-0.39, 0.29) is 6.61 Å². The molecule has 0 aliphatic heterocycles. The van der Waals surface area contributed by atoms with E-state index in [0.29, 0.717) is 5.02 Å². The van der Waals surface area contributed by atoms with Crippen molar-refractivity contribution < 1.29 is 5.11 Å². The Morgan fingerprint density at radius 3 is 2.58 bits per heavy atom. The number of nitrogens with zero attached hydrogens (tertiary/aromatic N) is 2. The Bertz CT molecular complexity index is 531. The minimum Gasteiger partial charge on any atom is -0.392 e. The van der Waals surface area contributed by atoms with Crippen molar-refractivity contribution in [1.82, 2.24) is 4.98 Å². The Morgan fingerprint density at radius 1 is 1.21 bits per heavy atom. The van der Waals surface area contributed by atoms with Gasteiger partial charge in [0.15, 0.2) is 0 Å². The molecule has 0 fully saturated rings. The molecule has 1 aromatic heterocycles. The Balaban J connectivity index is 2.29. The zero-order chi connectivity index (χ0) is 13.7. The molecule has 0 aliphatic rings. The van der Waals surface area contributed by atoms with E-state index in [0.717, 1.165) is 24.3 Å². The molecule has 0 spiro atoms. The summed E-state index contributed by atoms with van der Waals surface area (Å²) in [6.45, 7) is 3.71. The van der Waals surface area contributed by atoms with Crippen molar-refractivity contribution in [3.63, 3.8) is 0 Å². The number of aliphatic hydroxyl groups excluding tert-OH is 1. The van der Waals surface area contributed by atoms with Crippen molar-refractivity contribution in [2.24, 2.45) is 0 Å². The summed E-state index contributed by atoms with van der Waals surface area (Å²) in [5, 5.41) is 10.1. The maximum atomic E-state index is 9.44. The lowest BCUT2D eigenvalue weighted by Gasteiger charge is -2.25. The van der Waals surface area contributed by atoms with Crippen LogP contribution in [0.5, 0.6) is 0 Å². The van der Waals surface area contributed by atoms with E-state index >= 15 is 0 Å². The first-order chi connectivity index (χ1) is 9.24. The van der Waals surface area contributed by atoms with Gasteiger partial charge in [0.2, 0.25) is 0 Å². The molecule has 0 saturated carbocycles. The van der Waals surface area contributed by atoms with Crippen molar-refractivity contribution in [3.05, 3.63) is 58.9 Å². The molecule has 3 nitrogen and oxygen atoms in total. The van der Waals surface area contributed by atoms with E-state index in [9.17, 15) is 5.11 Å². The van der Waals surface area contributed by atoms with Gasteiger partial charge in [-0.05, 0) is 36.8 Å². The first-order valence-corrected chi connectivity index (χ1v) is 6.65. The predicted octanol–water partition coefficient (Wildman–Crippen LogP) is 3.25. The summed E-state index contributed by atoms with van der Waals surface area (Å²) < 4.78 is 0. The summed E-state index contributed by atoms with van der Waals surface area (Å²) in [6, 6.07) is 9.55. The number of hydrogen-bond donors (Lipinski definition) is 1. The van der Waals surface area contributed by atoms with Crippen LogP contribution in [0.15, 0.2) is 42.7 Å². The van der Waals surface area contributed by atoms with Crippen LogP contribution >= 0.6 is 11.6 Å². The van der Waals surface area contributed by atoms with Crippen molar-refractivity contribution in [1.29, 1.82) is 0 Å².